The van der Waals surface area contributed by atoms with Gasteiger partial charge in [-0.15, -0.1) is 0 Å². The summed E-state index contributed by atoms with van der Waals surface area (Å²) in [5.74, 6) is -0.159. The molecule has 0 spiro atoms. The number of pyridine rings is 2. The van der Waals surface area contributed by atoms with Gasteiger partial charge in [0.1, 0.15) is 34.3 Å². The second-order valence-corrected chi connectivity index (χ2v) is 16.3. The maximum atomic E-state index is 12.6. The monoisotopic (exact) mass is 818 g/mol. The minimum Gasteiger partial charge on any atom is -0.744 e. The Morgan fingerprint density at radius 1 is 0.517 bits per heavy atom. The summed E-state index contributed by atoms with van der Waals surface area (Å²) in [6.07, 6.45) is 4.51. The summed E-state index contributed by atoms with van der Waals surface area (Å²) in [6.45, 7) is 3.64. The van der Waals surface area contributed by atoms with Crippen LogP contribution in [0.15, 0.2) is 156 Å². The first-order valence-corrected chi connectivity index (χ1v) is 20.8. The summed E-state index contributed by atoms with van der Waals surface area (Å²) in [6, 6.07) is 39.0. The lowest BCUT2D eigenvalue weighted by atomic mass is 10.1. The standard InChI is InChI=1S/C30H26N4O2.2C7H8O3S/c1-33-15-4-6-24-19-25(13-14-27(24)33)31-29(35)17-21-7-9-22(10-8-21)18-30(36)32-26-12-11-23-5-3-16-34(2)28(23)20-26;2*1-6-2-4-7(5-3-6)11(8,9)10/h3-16,19-20H,17-18H2,1-2H3;2*2-5H,1H3,(H,8,9,10). The maximum Gasteiger partial charge on any atom is 0.228 e. The van der Waals surface area contributed by atoms with E-state index in [9.17, 15) is 35.5 Å². The van der Waals surface area contributed by atoms with Gasteiger partial charge in [-0.3, -0.25) is 9.59 Å². The van der Waals surface area contributed by atoms with E-state index in [0.29, 0.717) is 0 Å². The Hall–Kier alpha value is -6.32. The molecule has 0 unspecified atom stereocenters. The highest BCUT2D eigenvalue weighted by Gasteiger charge is 2.11. The maximum absolute atomic E-state index is 12.6. The lowest BCUT2D eigenvalue weighted by Crippen LogP contribution is -2.28. The molecule has 0 aliphatic rings. The Kier molecular flexibility index (Phi) is 13.8. The quantitative estimate of drug-likeness (QED) is 0.143. The first-order chi connectivity index (χ1) is 27.4. The lowest BCUT2D eigenvalue weighted by molar-refractivity contribution is -0.645. The zero-order valence-corrected chi connectivity index (χ0v) is 33.9. The molecule has 0 fully saturated rings. The Balaban J connectivity index is 0.000000236. The van der Waals surface area contributed by atoms with Crippen molar-refractivity contribution in [2.75, 3.05) is 10.6 Å². The third-order valence-corrected chi connectivity index (χ3v) is 10.6. The van der Waals surface area contributed by atoms with Crippen molar-refractivity contribution in [2.45, 2.75) is 36.5 Å². The van der Waals surface area contributed by atoms with Gasteiger partial charge in [0.15, 0.2) is 12.4 Å². The number of fused-ring (bicyclic) bond motifs is 2. The SMILES string of the molecule is C[n+]1cccc2cc(NC(=O)Cc3ccc(CC(=O)Nc4ccc5ccc[n+](C)c5c4)cc3)ccc21.Cc1ccc(S(=O)(=O)[O-])cc1.Cc1ccc(S(=O)(=O)[O-])cc1. The topological polar surface area (TPSA) is 180 Å². The van der Waals surface area contributed by atoms with E-state index in [0.717, 1.165) is 55.4 Å². The number of hydrogen-bond acceptors (Lipinski definition) is 8. The van der Waals surface area contributed by atoms with Crippen LogP contribution in [0.25, 0.3) is 21.8 Å². The van der Waals surface area contributed by atoms with Gasteiger partial charge in [-0.2, -0.15) is 0 Å². The minimum absolute atomic E-state index is 0.0791. The van der Waals surface area contributed by atoms with Crippen molar-refractivity contribution in [3.05, 3.63) is 168 Å². The fourth-order valence-corrected chi connectivity index (χ4v) is 6.77. The zero-order chi connectivity index (χ0) is 42.0. The molecule has 2 amide bonds. The largest absolute Gasteiger partial charge is 0.744 e. The van der Waals surface area contributed by atoms with Crippen molar-refractivity contribution in [3.8, 4) is 0 Å². The van der Waals surface area contributed by atoms with Crippen molar-refractivity contribution in [1.82, 2.24) is 0 Å². The van der Waals surface area contributed by atoms with Gasteiger partial charge in [-0.25, -0.2) is 26.0 Å². The van der Waals surface area contributed by atoms with E-state index in [2.05, 4.69) is 10.6 Å². The number of amides is 2. The summed E-state index contributed by atoms with van der Waals surface area (Å²) in [7, 11) is -4.56. The molecule has 2 N–H and O–H groups in total. The molecule has 14 heteroatoms. The molecule has 0 saturated heterocycles. The van der Waals surface area contributed by atoms with Crippen molar-refractivity contribution in [1.29, 1.82) is 0 Å². The molecule has 5 aromatic carbocycles. The van der Waals surface area contributed by atoms with E-state index in [1.165, 1.54) is 24.3 Å². The highest BCUT2D eigenvalue weighted by molar-refractivity contribution is 7.86. The lowest BCUT2D eigenvalue weighted by Gasteiger charge is -2.08. The number of carbonyl (C=O) groups is 2. The summed E-state index contributed by atoms with van der Waals surface area (Å²) < 4.78 is 66.4. The van der Waals surface area contributed by atoms with Gasteiger partial charge in [-0.05, 0) is 85.6 Å². The molecular formula is C44H42N4O8S2. The molecule has 2 heterocycles. The predicted octanol–water partition coefficient (Wildman–Crippen LogP) is 5.80. The molecule has 0 aliphatic heterocycles. The average Bonchev–Trinajstić information content (AvgIpc) is 3.16. The zero-order valence-electron chi connectivity index (χ0n) is 32.2. The molecule has 0 saturated carbocycles. The normalized spacial score (nSPS) is 11.1. The molecular weight excluding hydrogens is 777 g/mol. The number of rotatable bonds is 8. The minimum atomic E-state index is -4.27. The fraction of sp³-hybridized carbons (Fsp3) is 0.136. The van der Waals surface area contributed by atoms with Gasteiger partial charge < -0.3 is 19.7 Å². The van der Waals surface area contributed by atoms with Crippen LogP contribution in [-0.2, 0) is 56.8 Å². The van der Waals surface area contributed by atoms with Gasteiger partial charge in [0.2, 0.25) is 22.8 Å². The van der Waals surface area contributed by atoms with E-state index in [-0.39, 0.29) is 34.4 Å². The number of hydrogen-bond donors (Lipinski definition) is 2. The van der Waals surface area contributed by atoms with E-state index < -0.39 is 20.2 Å². The van der Waals surface area contributed by atoms with Crippen LogP contribution in [0.4, 0.5) is 11.4 Å². The first kappa shape index (κ1) is 42.8. The molecule has 2 aromatic heterocycles. The predicted molar refractivity (Wildman–Crippen MR) is 220 cm³/mol. The van der Waals surface area contributed by atoms with Crippen LogP contribution in [0, 0.1) is 13.8 Å². The number of nitrogens with one attached hydrogen (secondary N) is 2. The summed E-state index contributed by atoms with van der Waals surface area (Å²) in [5.41, 5.74) is 7.34. The molecule has 0 atom stereocenters. The van der Waals surface area contributed by atoms with E-state index in [1.54, 1.807) is 24.3 Å². The molecule has 0 radical (unpaired) electrons. The molecule has 298 valence electrons. The number of carbonyl (C=O) groups excluding carboxylic acids is 2. The van der Waals surface area contributed by atoms with Crippen molar-refractivity contribution in [2.24, 2.45) is 14.1 Å². The van der Waals surface area contributed by atoms with Gasteiger partial charge >= 0.3 is 0 Å². The van der Waals surface area contributed by atoms with E-state index in [4.69, 9.17) is 0 Å². The number of aromatic nitrogens is 2. The number of nitrogens with zero attached hydrogens (tertiary/aromatic N) is 2. The number of anilines is 2. The third kappa shape index (κ3) is 12.3. The second-order valence-electron chi connectivity index (χ2n) is 13.6. The fourth-order valence-electron chi connectivity index (χ4n) is 5.83. The number of aryl methyl sites for hydroxylation is 4. The smallest absolute Gasteiger partial charge is 0.228 e. The molecule has 0 aliphatic carbocycles. The van der Waals surface area contributed by atoms with Gasteiger partial charge in [0.25, 0.3) is 0 Å². The van der Waals surface area contributed by atoms with Crippen LogP contribution >= 0.6 is 0 Å². The van der Waals surface area contributed by atoms with Crippen LogP contribution in [0.2, 0.25) is 0 Å². The molecule has 7 rings (SSSR count). The van der Waals surface area contributed by atoms with Crippen molar-refractivity contribution in [3.63, 3.8) is 0 Å². The van der Waals surface area contributed by atoms with Crippen LogP contribution in [-0.4, -0.2) is 37.8 Å². The van der Waals surface area contributed by atoms with Crippen LogP contribution in [0.3, 0.4) is 0 Å². The van der Waals surface area contributed by atoms with Crippen molar-refractivity contribution >= 4 is 65.2 Å². The second kappa shape index (κ2) is 18.7. The Bertz CT molecular complexity index is 2720. The highest BCUT2D eigenvalue weighted by atomic mass is 32.2. The van der Waals surface area contributed by atoms with E-state index in [1.807, 2.05) is 134 Å². The first-order valence-electron chi connectivity index (χ1n) is 17.9. The van der Waals surface area contributed by atoms with Crippen LogP contribution in [0.5, 0.6) is 0 Å². The Morgan fingerprint density at radius 2 is 0.931 bits per heavy atom. The third-order valence-electron chi connectivity index (χ3n) is 8.93. The molecule has 58 heavy (non-hydrogen) atoms. The van der Waals surface area contributed by atoms with Crippen molar-refractivity contribution < 1.29 is 44.7 Å². The Morgan fingerprint density at radius 3 is 1.40 bits per heavy atom. The van der Waals surface area contributed by atoms with Gasteiger partial charge in [0, 0.05) is 46.4 Å². The highest BCUT2D eigenvalue weighted by Crippen LogP contribution is 2.18. The molecule has 0 bridgehead atoms. The summed E-state index contributed by atoms with van der Waals surface area (Å²) in [5, 5.41) is 8.15. The van der Waals surface area contributed by atoms with Gasteiger partial charge in [0.05, 0.1) is 22.6 Å². The van der Waals surface area contributed by atoms with Gasteiger partial charge in [-0.1, -0.05) is 59.7 Å². The molecule has 7 aromatic rings. The number of benzene rings is 5. The van der Waals surface area contributed by atoms with Crippen LogP contribution in [0.1, 0.15) is 22.3 Å². The summed E-state index contributed by atoms with van der Waals surface area (Å²) >= 11 is 0. The van der Waals surface area contributed by atoms with Crippen LogP contribution < -0.4 is 19.8 Å². The molecule has 12 nitrogen and oxygen atoms in total. The van der Waals surface area contributed by atoms with E-state index >= 15 is 0 Å². The summed E-state index contributed by atoms with van der Waals surface area (Å²) in [4.78, 5) is 24.8. The Labute approximate surface area is 337 Å². The average molecular weight is 819 g/mol.